The summed E-state index contributed by atoms with van der Waals surface area (Å²) in [6, 6.07) is 6.01. The Hall–Kier alpha value is -3.63. The Bertz CT molecular complexity index is 1010. The summed E-state index contributed by atoms with van der Waals surface area (Å²) in [5.41, 5.74) is 0.860. The van der Waals surface area contributed by atoms with Gasteiger partial charge in [0.25, 0.3) is 5.91 Å². The van der Waals surface area contributed by atoms with Crippen molar-refractivity contribution in [1.82, 2.24) is 25.0 Å². The zero-order valence-electron chi connectivity index (χ0n) is 18.1. The van der Waals surface area contributed by atoms with Gasteiger partial charge in [-0.3, -0.25) is 14.2 Å². The summed E-state index contributed by atoms with van der Waals surface area (Å²) in [7, 11) is 1.29. The normalized spacial score (nSPS) is 12.5. The molecule has 3 amide bonds. The van der Waals surface area contributed by atoms with Gasteiger partial charge in [0.05, 0.1) is 13.5 Å². The number of aromatic nitrogens is 3. The molecule has 1 aliphatic heterocycles. The highest BCUT2D eigenvalue weighted by Crippen LogP contribution is 2.10. The van der Waals surface area contributed by atoms with Gasteiger partial charge in [0.15, 0.2) is 0 Å². The van der Waals surface area contributed by atoms with Crippen LogP contribution in [0.15, 0.2) is 29.1 Å². The summed E-state index contributed by atoms with van der Waals surface area (Å²) in [6.07, 6.45) is 3.56. The number of carbonyl (C=O) groups is 3. The van der Waals surface area contributed by atoms with E-state index in [0.29, 0.717) is 30.8 Å². The Morgan fingerprint density at radius 1 is 1.09 bits per heavy atom. The predicted octanol–water partition coefficient (Wildman–Crippen LogP) is 0.886. The molecule has 0 saturated carbocycles. The minimum atomic E-state index is -0.396. The maximum atomic E-state index is 12.3. The largest absolute Gasteiger partial charge is 0.469 e. The summed E-state index contributed by atoms with van der Waals surface area (Å²) in [4.78, 5) is 47.4. The lowest BCUT2D eigenvalue weighted by Crippen LogP contribution is -2.31. The first kappa shape index (κ1) is 23.0. The average molecular weight is 444 g/mol. The number of carbonyl (C=O) groups excluding carboxylic acids is 3. The molecule has 0 bridgehead atoms. The number of urea groups is 1. The van der Waals surface area contributed by atoms with Crippen LogP contribution in [0.5, 0.6) is 0 Å². The zero-order chi connectivity index (χ0) is 22.9. The van der Waals surface area contributed by atoms with E-state index in [4.69, 9.17) is 0 Å². The highest BCUT2D eigenvalue weighted by atomic mass is 16.5. The van der Waals surface area contributed by atoms with Crippen molar-refractivity contribution in [3.05, 3.63) is 46.1 Å². The lowest BCUT2D eigenvalue weighted by molar-refractivity contribution is -0.140. The molecule has 0 unspecified atom stereocenters. The minimum Gasteiger partial charge on any atom is -0.469 e. The number of anilines is 1. The maximum absolute atomic E-state index is 12.3. The van der Waals surface area contributed by atoms with Crippen molar-refractivity contribution >= 4 is 23.6 Å². The molecular weight excluding hydrogens is 416 g/mol. The second-order valence-corrected chi connectivity index (χ2v) is 7.42. The van der Waals surface area contributed by atoms with Crippen molar-refractivity contribution in [2.75, 3.05) is 25.5 Å². The van der Waals surface area contributed by atoms with Crippen LogP contribution in [-0.4, -0.2) is 52.5 Å². The standard InChI is InChI=1S/C21H28N6O5/c1-32-18(28)10-12-22-19(29)15-6-8-16(9-7-15)24-20(30)23-11-4-14-27-21(31)26-13-3-2-5-17(26)25-27/h6-9H,2-5,10-14H2,1H3,(H,22,29)(H2,23,24,30). The number of esters is 1. The van der Waals surface area contributed by atoms with Gasteiger partial charge in [0.1, 0.15) is 5.82 Å². The number of rotatable bonds is 9. The third-order valence-electron chi connectivity index (χ3n) is 5.11. The lowest BCUT2D eigenvalue weighted by Gasteiger charge is -2.09. The zero-order valence-corrected chi connectivity index (χ0v) is 18.1. The van der Waals surface area contributed by atoms with Crippen molar-refractivity contribution < 1.29 is 19.1 Å². The molecule has 0 saturated heterocycles. The predicted molar refractivity (Wildman–Crippen MR) is 116 cm³/mol. The molecule has 1 aliphatic rings. The highest BCUT2D eigenvalue weighted by molar-refractivity contribution is 5.95. The number of methoxy groups -OCH3 is 1. The molecule has 2 aromatic rings. The molecule has 2 heterocycles. The van der Waals surface area contributed by atoms with Crippen LogP contribution in [0, 0.1) is 0 Å². The van der Waals surface area contributed by atoms with E-state index >= 15 is 0 Å². The monoisotopic (exact) mass is 444 g/mol. The van der Waals surface area contributed by atoms with Crippen molar-refractivity contribution in [2.45, 2.75) is 45.2 Å². The lowest BCUT2D eigenvalue weighted by atomic mass is 10.2. The molecule has 0 aliphatic carbocycles. The Kier molecular flexibility index (Phi) is 8.01. The Morgan fingerprint density at radius 3 is 2.59 bits per heavy atom. The Balaban J connectivity index is 1.38. The molecule has 0 spiro atoms. The van der Waals surface area contributed by atoms with Crippen LogP contribution in [0.3, 0.4) is 0 Å². The van der Waals surface area contributed by atoms with Gasteiger partial charge < -0.3 is 20.7 Å². The van der Waals surface area contributed by atoms with E-state index in [1.54, 1.807) is 28.8 Å². The van der Waals surface area contributed by atoms with Crippen molar-refractivity contribution in [1.29, 1.82) is 0 Å². The first-order valence-electron chi connectivity index (χ1n) is 10.6. The number of hydrogen-bond acceptors (Lipinski definition) is 6. The van der Waals surface area contributed by atoms with Gasteiger partial charge in [0, 0.05) is 43.9 Å². The molecule has 1 aromatic carbocycles. The molecule has 172 valence electrons. The van der Waals surface area contributed by atoms with E-state index in [0.717, 1.165) is 31.6 Å². The second-order valence-electron chi connectivity index (χ2n) is 7.42. The molecule has 3 N–H and O–H groups in total. The van der Waals surface area contributed by atoms with Gasteiger partial charge in [-0.2, -0.15) is 5.10 Å². The van der Waals surface area contributed by atoms with Crippen molar-refractivity contribution in [2.24, 2.45) is 0 Å². The fourth-order valence-corrected chi connectivity index (χ4v) is 3.39. The third-order valence-corrected chi connectivity index (χ3v) is 5.11. The molecule has 3 rings (SSSR count). The molecular formula is C21H28N6O5. The number of nitrogens with zero attached hydrogens (tertiary/aromatic N) is 3. The topological polar surface area (TPSA) is 136 Å². The molecule has 0 radical (unpaired) electrons. The SMILES string of the molecule is COC(=O)CCNC(=O)c1ccc(NC(=O)NCCCn2nc3n(c2=O)CCCC3)cc1. The first-order valence-corrected chi connectivity index (χ1v) is 10.6. The first-order chi connectivity index (χ1) is 15.5. The van der Waals surface area contributed by atoms with E-state index in [1.807, 2.05) is 0 Å². The Morgan fingerprint density at radius 2 is 1.88 bits per heavy atom. The molecule has 11 heteroatoms. The Labute approximate surface area is 185 Å². The fourth-order valence-electron chi connectivity index (χ4n) is 3.39. The molecule has 11 nitrogen and oxygen atoms in total. The van der Waals surface area contributed by atoms with Crippen LogP contribution in [0.4, 0.5) is 10.5 Å². The quantitative estimate of drug-likeness (QED) is 0.388. The van der Waals surface area contributed by atoms with E-state index in [-0.39, 0.29) is 30.6 Å². The number of fused-ring (bicyclic) bond motifs is 1. The van der Waals surface area contributed by atoms with E-state index in [9.17, 15) is 19.2 Å². The van der Waals surface area contributed by atoms with Gasteiger partial charge in [0.2, 0.25) is 0 Å². The average Bonchev–Trinajstić information content (AvgIpc) is 3.12. The number of amides is 3. The van der Waals surface area contributed by atoms with Crippen LogP contribution >= 0.6 is 0 Å². The summed E-state index contributed by atoms with van der Waals surface area (Å²) < 4.78 is 7.71. The minimum absolute atomic E-state index is 0.0847. The van der Waals surface area contributed by atoms with Gasteiger partial charge in [-0.1, -0.05) is 0 Å². The maximum Gasteiger partial charge on any atom is 0.345 e. The van der Waals surface area contributed by atoms with E-state index in [1.165, 1.54) is 11.8 Å². The van der Waals surface area contributed by atoms with Gasteiger partial charge in [-0.15, -0.1) is 0 Å². The number of aryl methyl sites for hydroxylation is 2. The molecule has 0 atom stereocenters. The summed E-state index contributed by atoms with van der Waals surface area (Å²) in [5.74, 6) is 0.126. The fraction of sp³-hybridized carbons (Fsp3) is 0.476. The molecule has 0 fully saturated rings. The van der Waals surface area contributed by atoms with Crippen molar-refractivity contribution in [3.8, 4) is 0 Å². The molecule has 32 heavy (non-hydrogen) atoms. The number of nitrogens with one attached hydrogen (secondary N) is 3. The van der Waals surface area contributed by atoms with Crippen LogP contribution in [0.25, 0.3) is 0 Å². The summed E-state index contributed by atoms with van der Waals surface area (Å²) in [5, 5.41) is 12.4. The molecule has 1 aromatic heterocycles. The van der Waals surface area contributed by atoms with Gasteiger partial charge in [-0.25, -0.2) is 14.3 Å². The van der Waals surface area contributed by atoms with Crippen LogP contribution in [-0.2, 0) is 29.0 Å². The van der Waals surface area contributed by atoms with Crippen LogP contribution in [0.1, 0.15) is 41.9 Å². The number of hydrogen-bond donors (Lipinski definition) is 3. The summed E-state index contributed by atoms with van der Waals surface area (Å²) >= 11 is 0. The highest BCUT2D eigenvalue weighted by Gasteiger charge is 2.16. The smallest absolute Gasteiger partial charge is 0.345 e. The van der Waals surface area contributed by atoms with E-state index in [2.05, 4.69) is 25.8 Å². The van der Waals surface area contributed by atoms with E-state index < -0.39 is 5.97 Å². The van der Waals surface area contributed by atoms with Gasteiger partial charge in [-0.05, 0) is 43.5 Å². The van der Waals surface area contributed by atoms with Crippen LogP contribution in [0.2, 0.25) is 0 Å². The van der Waals surface area contributed by atoms with Crippen molar-refractivity contribution in [3.63, 3.8) is 0 Å². The van der Waals surface area contributed by atoms with Gasteiger partial charge >= 0.3 is 17.7 Å². The third kappa shape index (κ3) is 6.19. The number of ether oxygens (including phenoxy) is 1. The number of benzene rings is 1. The summed E-state index contributed by atoms with van der Waals surface area (Å²) in [6.45, 7) is 1.74. The second kappa shape index (κ2) is 11.1. The van der Waals surface area contributed by atoms with Crippen LogP contribution < -0.4 is 21.6 Å².